The summed E-state index contributed by atoms with van der Waals surface area (Å²) in [4.78, 5) is 4.52. The molecule has 2 aromatic rings. The lowest BCUT2D eigenvalue weighted by Gasteiger charge is -2.11. The van der Waals surface area contributed by atoms with Crippen LogP contribution in [0.25, 0.3) is 11.4 Å². The van der Waals surface area contributed by atoms with Crippen LogP contribution in [0.3, 0.4) is 0 Å². The molecule has 0 spiro atoms. The summed E-state index contributed by atoms with van der Waals surface area (Å²) >= 11 is 0. The van der Waals surface area contributed by atoms with E-state index in [1.54, 1.807) is 7.11 Å². The molecule has 5 nitrogen and oxygen atoms in total. The SMILES string of the molecule is CNC(Cc1nc(-c2ccc(OC)c(C)c2)no1)C1CC1. The van der Waals surface area contributed by atoms with Crippen molar-refractivity contribution in [2.75, 3.05) is 14.2 Å². The van der Waals surface area contributed by atoms with Crippen molar-refractivity contribution in [1.82, 2.24) is 15.5 Å². The van der Waals surface area contributed by atoms with Crippen LogP contribution in [0.5, 0.6) is 5.75 Å². The van der Waals surface area contributed by atoms with E-state index in [0.29, 0.717) is 17.8 Å². The van der Waals surface area contributed by atoms with Gasteiger partial charge in [0.25, 0.3) is 0 Å². The zero-order valence-corrected chi connectivity index (χ0v) is 12.7. The van der Waals surface area contributed by atoms with Gasteiger partial charge in [-0.25, -0.2) is 0 Å². The summed E-state index contributed by atoms with van der Waals surface area (Å²) in [7, 11) is 3.66. The summed E-state index contributed by atoms with van der Waals surface area (Å²) in [6.45, 7) is 2.01. The molecule has 0 saturated heterocycles. The topological polar surface area (TPSA) is 60.2 Å². The first-order chi connectivity index (χ1) is 10.2. The number of aryl methyl sites for hydroxylation is 1. The van der Waals surface area contributed by atoms with Crippen molar-refractivity contribution >= 4 is 0 Å². The Balaban J connectivity index is 1.76. The first-order valence-corrected chi connectivity index (χ1v) is 7.36. The monoisotopic (exact) mass is 287 g/mol. The standard InChI is InChI=1S/C16H21N3O2/c1-10-8-12(6-7-14(10)20-3)16-18-15(21-19-16)9-13(17-2)11-4-5-11/h6-8,11,13,17H,4-5,9H2,1-3H3. The van der Waals surface area contributed by atoms with E-state index in [2.05, 4.69) is 15.5 Å². The molecule has 1 atom stereocenters. The van der Waals surface area contributed by atoms with E-state index in [4.69, 9.17) is 9.26 Å². The van der Waals surface area contributed by atoms with Gasteiger partial charge in [-0.2, -0.15) is 4.98 Å². The number of rotatable bonds is 6. The molecule has 1 aliphatic rings. The van der Waals surface area contributed by atoms with Crippen LogP contribution in [0, 0.1) is 12.8 Å². The van der Waals surface area contributed by atoms with E-state index < -0.39 is 0 Å². The van der Waals surface area contributed by atoms with Crippen LogP contribution < -0.4 is 10.1 Å². The fourth-order valence-electron chi connectivity index (χ4n) is 2.66. The van der Waals surface area contributed by atoms with Gasteiger partial charge in [-0.3, -0.25) is 0 Å². The van der Waals surface area contributed by atoms with E-state index in [1.807, 2.05) is 32.2 Å². The normalized spacial score (nSPS) is 16.0. The highest BCUT2D eigenvalue weighted by atomic mass is 16.5. The second kappa shape index (κ2) is 5.85. The van der Waals surface area contributed by atoms with Gasteiger partial charge in [-0.05, 0) is 56.5 Å². The Morgan fingerprint density at radius 1 is 1.43 bits per heavy atom. The number of aromatic nitrogens is 2. The minimum absolute atomic E-state index is 0.441. The molecule has 112 valence electrons. The van der Waals surface area contributed by atoms with Gasteiger partial charge in [0.15, 0.2) is 0 Å². The van der Waals surface area contributed by atoms with Crippen LogP contribution in [0.1, 0.15) is 24.3 Å². The number of nitrogens with one attached hydrogen (secondary N) is 1. The van der Waals surface area contributed by atoms with Crippen molar-refractivity contribution in [3.63, 3.8) is 0 Å². The number of methoxy groups -OCH3 is 1. The first-order valence-electron chi connectivity index (χ1n) is 7.36. The molecule has 1 aliphatic carbocycles. The zero-order chi connectivity index (χ0) is 14.8. The van der Waals surface area contributed by atoms with Crippen LogP contribution in [0.4, 0.5) is 0 Å². The van der Waals surface area contributed by atoms with Gasteiger partial charge in [0.2, 0.25) is 11.7 Å². The van der Waals surface area contributed by atoms with E-state index in [-0.39, 0.29) is 0 Å². The summed E-state index contributed by atoms with van der Waals surface area (Å²) in [5.41, 5.74) is 2.02. The molecule has 0 radical (unpaired) electrons. The lowest BCUT2D eigenvalue weighted by molar-refractivity contribution is 0.352. The van der Waals surface area contributed by atoms with Gasteiger partial charge in [0, 0.05) is 18.0 Å². The molecular formula is C16H21N3O2. The van der Waals surface area contributed by atoms with Gasteiger partial charge in [-0.1, -0.05) is 5.16 Å². The molecule has 1 aromatic heterocycles. The summed E-state index contributed by atoms with van der Waals surface area (Å²) in [6.07, 6.45) is 3.39. The Labute approximate surface area is 124 Å². The minimum atomic E-state index is 0.441. The lowest BCUT2D eigenvalue weighted by atomic mass is 10.1. The Kier molecular flexibility index (Phi) is 3.92. The Hall–Kier alpha value is -1.88. The maximum absolute atomic E-state index is 5.39. The first kappa shape index (κ1) is 14.1. The van der Waals surface area contributed by atoms with Gasteiger partial charge in [0.1, 0.15) is 5.75 Å². The number of benzene rings is 1. The van der Waals surface area contributed by atoms with Gasteiger partial charge < -0.3 is 14.6 Å². The highest BCUT2D eigenvalue weighted by molar-refractivity contribution is 5.58. The maximum Gasteiger partial charge on any atom is 0.228 e. The molecule has 3 rings (SSSR count). The minimum Gasteiger partial charge on any atom is -0.496 e. The summed E-state index contributed by atoms with van der Waals surface area (Å²) in [6, 6.07) is 6.35. The molecule has 1 saturated carbocycles. The van der Waals surface area contributed by atoms with Gasteiger partial charge >= 0.3 is 0 Å². The summed E-state index contributed by atoms with van der Waals surface area (Å²) in [5.74, 6) is 2.96. The molecule has 0 bridgehead atoms. The molecule has 1 fully saturated rings. The molecule has 0 amide bonds. The Bertz CT molecular complexity index is 620. The lowest BCUT2D eigenvalue weighted by Crippen LogP contribution is -2.29. The Morgan fingerprint density at radius 3 is 2.86 bits per heavy atom. The highest BCUT2D eigenvalue weighted by Gasteiger charge is 2.31. The number of ether oxygens (including phenoxy) is 1. The fourth-order valence-corrected chi connectivity index (χ4v) is 2.66. The van der Waals surface area contributed by atoms with Crippen LogP contribution in [-0.4, -0.2) is 30.3 Å². The average molecular weight is 287 g/mol. The highest BCUT2D eigenvalue weighted by Crippen LogP contribution is 2.34. The molecule has 1 aromatic carbocycles. The van der Waals surface area contributed by atoms with Crippen molar-refractivity contribution < 1.29 is 9.26 Å². The number of hydrogen-bond donors (Lipinski definition) is 1. The zero-order valence-electron chi connectivity index (χ0n) is 12.7. The second-order valence-electron chi connectivity index (χ2n) is 5.63. The predicted octanol–water partition coefficient (Wildman–Crippen LogP) is 2.59. The summed E-state index contributed by atoms with van der Waals surface area (Å²) < 4.78 is 10.7. The molecule has 21 heavy (non-hydrogen) atoms. The third kappa shape index (κ3) is 3.08. The largest absolute Gasteiger partial charge is 0.496 e. The Morgan fingerprint density at radius 2 is 2.24 bits per heavy atom. The van der Waals surface area contributed by atoms with Crippen molar-refractivity contribution in [3.8, 4) is 17.1 Å². The fraction of sp³-hybridized carbons (Fsp3) is 0.500. The van der Waals surface area contributed by atoms with Crippen molar-refractivity contribution in [3.05, 3.63) is 29.7 Å². The maximum atomic E-state index is 5.39. The van der Waals surface area contributed by atoms with Crippen molar-refractivity contribution in [2.24, 2.45) is 5.92 Å². The van der Waals surface area contributed by atoms with Crippen molar-refractivity contribution in [1.29, 1.82) is 0 Å². The van der Waals surface area contributed by atoms with Crippen LogP contribution in [0.2, 0.25) is 0 Å². The van der Waals surface area contributed by atoms with E-state index in [1.165, 1.54) is 12.8 Å². The molecule has 1 unspecified atom stereocenters. The quantitative estimate of drug-likeness (QED) is 0.885. The van der Waals surface area contributed by atoms with E-state index >= 15 is 0 Å². The molecule has 1 heterocycles. The van der Waals surface area contributed by atoms with Gasteiger partial charge in [-0.15, -0.1) is 0 Å². The third-order valence-electron chi connectivity index (χ3n) is 4.08. The molecule has 5 heteroatoms. The van der Waals surface area contributed by atoms with Crippen LogP contribution in [0.15, 0.2) is 22.7 Å². The number of likely N-dealkylation sites (N-methyl/N-ethyl adjacent to an activating group) is 1. The number of hydrogen-bond acceptors (Lipinski definition) is 5. The summed E-state index contributed by atoms with van der Waals surface area (Å²) in [5, 5.41) is 7.44. The predicted molar refractivity (Wildman–Crippen MR) is 80.3 cm³/mol. The van der Waals surface area contributed by atoms with Crippen molar-refractivity contribution in [2.45, 2.75) is 32.2 Å². The van der Waals surface area contributed by atoms with E-state index in [9.17, 15) is 0 Å². The molecule has 1 N–H and O–H groups in total. The second-order valence-corrected chi connectivity index (χ2v) is 5.63. The molecule has 0 aliphatic heterocycles. The van der Waals surface area contributed by atoms with Crippen LogP contribution in [-0.2, 0) is 6.42 Å². The van der Waals surface area contributed by atoms with Crippen LogP contribution >= 0.6 is 0 Å². The van der Waals surface area contributed by atoms with E-state index in [0.717, 1.165) is 29.2 Å². The molecular weight excluding hydrogens is 266 g/mol. The number of nitrogens with zero attached hydrogens (tertiary/aromatic N) is 2. The average Bonchev–Trinajstić information content (AvgIpc) is 3.23. The third-order valence-corrected chi connectivity index (χ3v) is 4.08. The smallest absolute Gasteiger partial charge is 0.228 e. The van der Waals surface area contributed by atoms with Gasteiger partial charge in [0.05, 0.1) is 7.11 Å².